The summed E-state index contributed by atoms with van der Waals surface area (Å²) in [5, 5.41) is 10.8. The Morgan fingerprint density at radius 2 is 2.33 bits per heavy atom. The molecule has 1 unspecified atom stereocenters. The van der Waals surface area contributed by atoms with E-state index < -0.39 is 4.92 Å². The number of halogens is 2. The first-order chi connectivity index (χ1) is 9.79. The highest BCUT2D eigenvalue weighted by molar-refractivity contribution is 9.10. The lowest BCUT2D eigenvalue weighted by molar-refractivity contribution is -0.384. The molecule has 7 nitrogen and oxygen atoms in total. The molecule has 1 aliphatic heterocycles. The Bertz CT molecular complexity index is 642. The number of rotatable bonds is 3. The van der Waals surface area contributed by atoms with Crippen LogP contribution in [0.2, 0.25) is 5.15 Å². The van der Waals surface area contributed by atoms with Crippen LogP contribution in [0.15, 0.2) is 10.5 Å². The van der Waals surface area contributed by atoms with Gasteiger partial charge in [-0.25, -0.2) is 4.98 Å². The fourth-order valence-electron chi connectivity index (χ4n) is 1.97. The summed E-state index contributed by atoms with van der Waals surface area (Å²) in [7, 11) is 0. The van der Waals surface area contributed by atoms with E-state index in [0.717, 1.165) is 11.8 Å². The first kappa shape index (κ1) is 16.2. The fourth-order valence-corrected chi connectivity index (χ4v) is 3.33. The summed E-state index contributed by atoms with van der Waals surface area (Å²) in [6.07, 6.45) is 0.136. The second-order valence-electron chi connectivity index (χ2n) is 4.30. The molecule has 0 saturated carbocycles. The van der Waals surface area contributed by atoms with Crippen molar-refractivity contribution < 1.29 is 14.5 Å². The summed E-state index contributed by atoms with van der Waals surface area (Å²) in [5.41, 5.74) is -0.312. The van der Waals surface area contributed by atoms with Crippen LogP contribution >= 0.6 is 39.3 Å². The summed E-state index contributed by atoms with van der Waals surface area (Å²) >= 11 is 9.97. The minimum atomic E-state index is -0.623. The Balaban J connectivity index is 2.37. The predicted molar refractivity (Wildman–Crippen MR) is 82.6 cm³/mol. The summed E-state index contributed by atoms with van der Waals surface area (Å²) in [6.45, 7) is 1.60. The van der Waals surface area contributed by atoms with Gasteiger partial charge >= 0.3 is 5.69 Å². The van der Waals surface area contributed by atoms with Gasteiger partial charge in [-0.05, 0) is 15.9 Å². The average molecular weight is 395 g/mol. The smallest absolute Gasteiger partial charge is 0.290 e. The van der Waals surface area contributed by atoms with Gasteiger partial charge in [0.1, 0.15) is 5.15 Å². The molecular formula is C11H9BrClN3O4S. The molecule has 112 valence electrons. The van der Waals surface area contributed by atoms with E-state index >= 15 is 0 Å². The molecule has 2 rings (SSSR count). The summed E-state index contributed by atoms with van der Waals surface area (Å²) in [6, 6.07) is 1.21. The minimum absolute atomic E-state index is 0.0334. The molecule has 0 radical (unpaired) electrons. The van der Waals surface area contributed by atoms with Crippen molar-refractivity contribution in [2.24, 2.45) is 0 Å². The molecule has 1 amide bonds. The lowest BCUT2D eigenvalue weighted by Crippen LogP contribution is -2.27. The molecule has 1 fully saturated rings. The maximum atomic E-state index is 12.0. The van der Waals surface area contributed by atoms with Gasteiger partial charge in [-0.15, -0.1) is 0 Å². The van der Waals surface area contributed by atoms with E-state index in [9.17, 15) is 19.7 Å². The number of carbonyl (C=O) groups is 2. The maximum absolute atomic E-state index is 12.0. The van der Waals surface area contributed by atoms with E-state index in [0.29, 0.717) is 0 Å². The zero-order valence-electron chi connectivity index (χ0n) is 10.7. The Morgan fingerprint density at radius 1 is 1.67 bits per heavy atom. The molecule has 0 bridgehead atoms. The SMILES string of the molecule is CC(=O)SC1CC(=O)N(c2nc(Cl)c(Br)cc2[N+](=O)[O-])C1. The Labute approximate surface area is 137 Å². The van der Waals surface area contributed by atoms with Gasteiger partial charge in [0.05, 0.1) is 9.40 Å². The molecule has 0 N–H and O–H groups in total. The van der Waals surface area contributed by atoms with Crippen LogP contribution in [0.25, 0.3) is 0 Å². The molecule has 10 heteroatoms. The van der Waals surface area contributed by atoms with Gasteiger partial charge in [-0.2, -0.15) is 0 Å². The number of hydrogen-bond donors (Lipinski definition) is 0. The van der Waals surface area contributed by atoms with Gasteiger partial charge < -0.3 is 0 Å². The van der Waals surface area contributed by atoms with E-state index in [4.69, 9.17) is 11.6 Å². The predicted octanol–water partition coefficient (Wildman–Crippen LogP) is 2.79. The van der Waals surface area contributed by atoms with Crippen LogP contribution < -0.4 is 4.90 Å². The molecule has 0 aliphatic carbocycles. The van der Waals surface area contributed by atoms with E-state index in [1.807, 2.05) is 0 Å². The second kappa shape index (κ2) is 6.29. The van der Waals surface area contributed by atoms with Crippen molar-refractivity contribution in [1.82, 2.24) is 4.98 Å². The average Bonchev–Trinajstić information content (AvgIpc) is 2.71. The number of aromatic nitrogens is 1. The van der Waals surface area contributed by atoms with Crippen molar-refractivity contribution >= 4 is 61.8 Å². The number of amides is 1. The van der Waals surface area contributed by atoms with Gasteiger partial charge in [0.25, 0.3) is 0 Å². The highest BCUT2D eigenvalue weighted by atomic mass is 79.9. The monoisotopic (exact) mass is 393 g/mol. The van der Waals surface area contributed by atoms with Crippen LogP contribution in [-0.2, 0) is 9.59 Å². The molecule has 2 heterocycles. The maximum Gasteiger partial charge on any atom is 0.313 e. The summed E-state index contributed by atoms with van der Waals surface area (Å²) in [4.78, 5) is 38.7. The molecule has 1 saturated heterocycles. The fraction of sp³-hybridized carbons (Fsp3) is 0.364. The van der Waals surface area contributed by atoms with Crippen molar-refractivity contribution in [3.63, 3.8) is 0 Å². The van der Waals surface area contributed by atoms with Crippen LogP contribution in [0.5, 0.6) is 0 Å². The van der Waals surface area contributed by atoms with Crippen molar-refractivity contribution in [3.05, 3.63) is 25.8 Å². The zero-order chi connectivity index (χ0) is 15.7. The van der Waals surface area contributed by atoms with Gasteiger partial charge in [-0.1, -0.05) is 23.4 Å². The van der Waals surface area contributed by atoms with E-state index in [-0.39, 0.29) is 50.4 Å². The van der Waals surface area contributed by atoms with E-state index in [1.54, 1.807) is 0 Å². The molecule has 1 aromatic heterocycles. The standard InChI is InChI=1S/C11H9BrClN3O4S/c1-5(17)21-6-2-9(18)15(4-6)11-8(16(19)20)3-7(12)10(13)14-11/h3,6H,2,4H2,1H3. The molecule has 1 aliphatic rings. The number of pyridine rings is 1. The van der Waals surface area contributed by atoms with Gasteiger partial charge in [0.2, 0.25) is 11.7 Å². The first-order valence-electron chi connectivity index (χ1n) is 5.77. The molecule has 0 aromatic carbocycles. The molecular weight excluding hydrogens is 386 g/mol. The van der Waals surface area contributed by atoms with Crippen molar-refractivity contribution in [1.29, 1.82) is 0 Å². The van der Waals surface area contributed by atoms with Crippen molar-refractivity contribution in [2.45, 2.75) is 18.6 Å². The number of thioether (sulfide) groups is 1. The van der Waals surface area contributed by atoms with Gasteiger partial charge in [0.15, 0.2) is 5.12 Å². The Kier molecular flexibility index (Phi) is 4.84. The highest BCUT2D eigenvalue weighted by Crippen LogP contribution is 2.36. The first-order valence-corrected chi connectivity index (χ1v) is 7.82. The number of carbonyl (C=O) groups excluding carboxylic acids is 2. The number of hydrogen-bond acceptors (Lipinski definition) is 6. The minimum Gasteiger partial charge on any atom is -0.290 e. The van der Waals surface area contributed by atoms with Crippen molar-refractivity contribution in [2.75, 3.05) is 11.4 Å². The topological polar surface area (TPSA) is 93.4 Å². The lowest BCUT2D eigenvalue weighted by atomic mass is 10.3. The molecule has 21 heavy (non-hydrogen) atoms. The van der Waals surface area contributed by atoms with Gasteiger partial charge in [0, 0.05) is 31.2 Å². The molecule has 1 atom stereocenters. The quantitative estimate of drug-likeness (QED) is 0.444. The Morgan fingerprint density at radius 3 is 2.90 bits per heavy atom. The van der Waals surface area contributed by atoms with Crippen molar-refractivity contribution in [3.8, 4) is 0 Å². The third kappa shape index (κ3) is 3.53. The molecule has 1 aromatic rings. The van der Waals surface area contributed by atoms with Crippen LogP contribution in [-0.4, -0.2) is 32.7 Å². The number of nitro groups is 1. The van der Waals surface area contributed by atoms with E-state index in [2.05, 4.69) is 20.9 Å². The number of anilines is 1. The van der Waals surface area contributed by atoms with Crippen LogP contribution in [0.3, 0.4) is 0 Å². The second-order valence-corrected chi connectivity index (χ2v) is 6.99. The van der Waals surface area contributed by atoms with E-state index in [1.165, 1.54) is 17.9 Å². The lowest BCUT2D eigenvalue weighted by Gasteiger charge is -2.15. The third-order valence-electron chi connectivity index (χ3n) is 2.77. The van der Waals surface area contributed by atoms with Crippen LogP contribution in [0.4, 0.5) is 11.5 Å². The zero-order valence-corrected chi connectivity index (χ0v) is 13.9. The van der Waals surface area contributed by atoms with Gasteiger partial charge in [-0.3, -0.25) is 24.6 Å². The summed E-state index contributed by atoms with van der Waals surface area (Å²) < 4.78 is 0.279. The third-order valence-corrected chi connectivity index (χ3v) is 4.87. The number of nitrogens with zero attached hydrogens (tertiary/aromatic N) is 3. The molecule has 0 spiro atoms. The van der Waals surface area contributed by atoms with Crippen LogP contribution in [0, 0.1) is 10.1 Å². The van der Waals surface area contributed by atoms with Crippen LogP contribution in [0.1, 0.15) is 13.3 Å². The largest absolute Gasteiger partial charge is 0.313 e. The normalized spacial score (nSPS) is 18.1. The highest BCUT2D eigenvalue weighted by Gasteiger charge is 2.36. The summed E-state index contributed by atoms with van der Waals surface area (Å²) in [5.74, 6) is -0.410. The Hall–Kier alpha value is -1.19.